The highest BCUT2D eigenvalue weighted by Crippen LogP contribution is 2.50. The Morgan fingerprint density at radius 3 is 2.59 bits per heavy atom. The predicted molar refractivity (Wildman–Crippen MR) is 83.6 cm³/mol. The number of carbonyl (C=O) groups excluding carboxylic acids is 1. The van der Waals surface area contributed by atoms with Crippen LogP contribution in [0.4, 0.5) is 0 Å². The zero-order valence-corrected chi connectivity index (χ0v) is 14.4. The second kappa shape index (κ2) is 5.01. The average Bonchev–Trinajstić information content (AvgIpc) is 3.09. The first kappa shape index (κ1) is 15.9. The molecule has 0 radical (unpaired) electrons. The van der Waals surface area contributed by atoms with Crippen molar-refractivity contribution in [2.24, 2.45) is 16.8 Å². The fourth-order valence-electron chi connectivity index (χ4n) is 4.16. The molecule has 0 aromatic carbocycles. The van der Waals surface area contributed by atoms with E-state index in [0.717, 1.165) is 25.1 Å². The van der Waals surface area contributed by atoms with Gasteiger partial charge in [0.1, 0.15) is 11.4 Å². The normalized spacial score (nSPS) is 35.8. The molecule has 0 N–H and O–H groups in total. The van der Waals surface area contributed by atoms with E-state index < -0.39 is 15.7 Å². The van der Waals surface area contributed by atoms with Crippen molar-refractivity contribution in [2.45, 2.75) is 31.7 Å². The highest BCUT2D eigenvalue weighted by Gasteiger charge is 2.61. The lowest BCUT2D eigenvalue weighted by Crippen LogP contribution is -2.46. The lowest BCUT2D eigenvalue weighted by molar-refractivity contribution is -0.131. The fraction of sp³-hybridized carbons (Fsp3) is 0.857. The maximum absolute atomic E-state index is 12.8. The molecule has 1 aliphatic carbocycles. The minimum atomic E-state index is -3.42. The Balaban J connectivity index is 1.91. The SMILES string of the molecule is CCC1=N[C@]2(CC[C@H]3CN(S(=O)(=O)N(C)C)C[C@H]32)C(=O)N1C. The summed E-state index contributed by atoms with van der Waals surface area (Å²) in [6.07, 6.45) is 2.33. The maximum Gasteiger partial charge on any atom is 0.281 e. The molecule has 2 fully saturated rings. The third-order valence-corrected chi connectivity index (χ3v) is 7.29. The Hall–Kier alpha value is -0.990. The lowest BCUT2D eigenvalue weighted by Gasteiger charge is -2.27. The first-order valence-corrected chi connectivity index (χ1v) is 9.18. The smallest absolute Gasteiger partial charge is 0.281 e. The van der Waals surface area contributed by atoms with E-state index in [-0.39, 0.29) is 17.7 Å². The molecule has 2 aliphatic heterocycles. The van der Waals surface area contributed by atoms with Crippen molar-refractivity contribution in [3.8, 4) is 0 Å². The van der Waals surface area contributed by atoms with E-state index in [1.807, 2.05) is 6.92 Å². The summed E-state index contributed by atoms with van der Waals surface area (Å²) in [5.74, 6) is 1.09. The topological polar surface area (TPSA) is 73.3 Å². The Morgan fingerprint density at radius 1 is 1.36 bits per heavy atom. The summed E-state index contributed by atoms with van der Waals surface area (Å²) < 4.78 is 27.5. The Morgan fingerprint density at radius 2 is 2.05 bits per heavy atom. The molecule has 22 heavy (non-hydrogen) atoms. The van der Waals surface area contributed by atoms with E-state index in [4.69, 9.17) is 4.99 Å². The van der Waals surface area contributed by atoms with Crippen LogP contribution in [0, 0.1) is 11.8 Å². The number of rotatable bonds is 3. The summed E-state index contributed by atoms with van der Waals surface area (Å²) in [4.78, 5) is 19.2. The van der Waals surface area contributed by atoms with Crippen LogP contribution in [0.2, 0.25) is 0 Å². The molecule has 3 rings (SSSR count). The van der Waals surface area contributed by atoms with Crippen LogP contribution in [0.5, 0.6) is 0 Å². The van der Waals surface area contributed by atoms with Crippen molar-refractivity contribution >= 4 is 22.0 Å². The number of hydrogen-bond donors (Lipinski definition) is 0. The third-order valence-electron chi connectivity index (χ3n) is 5.41. The van der Waals surface area contributed by atoms with Gasteiger partial charge in [-0.2, -0.15) is 17.0 Å². The van der Waals surface area contributed by atoms with Crippen molar-refractivity contribution in [2.75, 3.05) is 34.2 Å². The number of nitrogens with zero attached hydrogens (tertiary/aromatic N) is 4. The van der Waals surface area contributed by atoms with Gasteiger partial charge in [-0.05, 0) is 18.8 Å². The van der Waals surface area contributed by atoms with Crippen LogP contribution in [0.3, 0.4) is 0 Å². The van der Waals surface area contributed by atoms with Gasteiger partial charge in [-0.1, -0.05) is 6.92 Å². The molecule has 1 amide bonds. The van der Waals surface area contributed by atoms with E-state index in [9.17, 15) is 13.2 Å². The van der Waals surface area contributed by atoms with Crippen LogP contribution in [0.25, 0.3) is 0 Å². The number of likely N-dealkylation sites (N-methyl/N-ethyl adjacent to an activating group) is 1. The molecule has 0 bridgehead atoms. The largest absolute Gasteiger partial charge is 0.302 e. The van der Waals surface area contributed by atoms with E-state index in [2.05, 4.69) is 0 Å². The Bertz CT molecular complexity index is 630. The van der Waals surface area contributed by atoms with E-state index >= 15 is 0 Å². The van der Waals surface area contributed by atoms with Crippen LogP contribution in [0.1, 0.15) is 26.2 Å². The summed E-state index contributed by atoms with van der Waals surface area (Å²) in [6, 6.07) is 0. The number of fused-ring (bicyclic) bond motifs is 2. The van der Waals surface area contributed by atoms with Gasteiger partial charge < -0.3 is 4.90 Å². The molecule has 0 unspecified atom stereocenters. The summed E-state index contributed by atoms with van der Waals surface area (Å²) >= 11 is 0. The molecule has 1 saturated carbocycles. The van der Waals surface area contributed by atoms with Gasteiger partial charge >= 0.3 is 0 Å². The van der Waals surface area contributed by atoms with Crippen molar-refractivity contribution in [3.63, 3.8) is 0 Å². The van der Waals surface area contributed by atoms with E-state index in [0.29, 0.717) is 13.1 Å². The molecule has 8 heteroatoms. The summed E-state index contributed by atoms with van der Waals surface area (Å²) in [7, 11) is 1.44. The average molecular weight is 328 g/mol. The van der Waals surface area contributed by atoms with Gasteiger partial charge in [0, 0.05) is 46.6 Å². The van der Waals surface area contributed by atoms with Crippen LogP contribution < -0.4 is 0 Å². The quantitative estimate of drug-likeness (QED) is 0.740. The van der Waals surface area contributed by atoms with Gasteiger partial charge in [0.05, 0.1) is 0 Å². The molecule has 1 saturated heterocycles. The van der Waals surface area contributed by atoms with Crippen LogP contribution >= 0.6 is 0 Å². The number of aliphatic imine (C=N–C) groups is 1. The van der Waals surface area contributed by atoms with Crippen LogP contribution in [0.15, 0.2) is 4.99 Å². The fourth-order valence-corrected chi connectivity index (χ4v) is 5.35. The molecule has 3 atom stereocenters. The molecule has 1 spiro atoms. The molecule has 3 aliphatic rings. The number of carbonyl (C=O) groups is 1. The van der Waals surface area contributed by atoms with Crippen molar-refractivity contribution < 1.29 is 13.2 Å². The van der Waals surface area contributed by atoms with Crippen molar-refractivity contribution in [1.82, 2.24) is 13.5 Å². The van der Waals surface area contributed by atoms with Gasteiger partial charge in [0.15, 0.2) is 0 Å². The molecule has 124 valence electrons. The van der Waals surface area contributed by atoms with Crippen molar-refractivity contribution in [3.05, 3.63) is 0 Å². The first-order chi connectivity index (χ1) is 10.2. The van der Waals surface area contributed by atoms with Crippen LogP contribution in [-0.2, 0) is 15.0 Å². The van der Waals surface area contributed by atoms with Gasteiger partial charge in [-0.25, -0.2) is 0 Å². The molecular weight excluding hydrogens is 304 g/mol. The predicted octanol–water partition coefficient (Wildman–Crippen LogP) is 0.154. The molecular formula is C14H24N4O3S. The Labute approximate surface area is 132 Å². The standard InChI is InChI=1S/C14H24N4O3S/c1-5-12-15-14(13(19)17(12)4)7-6-10-8-18(9-11(10)14)22(20,21)16(2)3/h10-11H,5-9H2,1-4H3/t10-,11+,14-/m0/s1. The molecule has 0 aromatic heterocycles. The second-order valence-electron chi connectivity index (χ2n) is 6.68. The first-order valence-electron chi connectivity index (χ1n) is 7.78. The zero-order valence-electron chi connectivity index (χ0n) is 13.6. The van der Waals surface area contributed by atoms with E-state index in [1.54, 1.807) is 26.0 Å². The van der Waals surface area contributed by atoms with Crippen molar-refractivity contribution in [1.29, 1.82) is 0 Å². The number of amidine groups is 1. The van der Waals surface area contributed by atoms with E-state index in [1.165, 1.54) is 8.61 Å². The van der Waals surface area contributed by atoms with Gasteiger partial charge in [0.2, 0.25) is 0 Å². The second-order valence-corrected chi connectivity index (χ2v) is 8.82. The Kier molecular flexibility index (Phi) is 3.61. The summed E-state index contributed by atoms with van der Waals surface area (Å²) in [6.45, 7) is 2.89. The molecule has 0 aromatic rings. The zero-order chi connectivity index (χ0) is 16.3. The summed E-state index contributed by atoms with van der Waals surface area (Å²) in [5, 5.41) is 0. The maximum atomic E-state index is 12.8. The van der Waals surface area contributed by atoms with Gasteiger partial charge in [-0.3, -0.25) is 9.79 Å². The molecule has 7 nitrogen and oxygen atoms in total. The minimum absolute atomic E-state index is 0.00113. The number of amides is 1. The minimum Gasteiger partial charge on any atom is -0.302 e. The summed E-state index contributed by atoms with van der Waals surface area (Å²) in [5.41, 5.74) is -0.721. The highest BCUT2D eigenvalue weighted by molar-refractivity contribution is 7.86. The monoisotopic (exact) mass is 328 g/mol. The highest BCUT2D eigenvalue weighted by atomic mass is 32.2. The number of hydrogen-bond acceptors (Lipinski definition) is 4. The van der Waals surface area contributed by atoms with Gasteiger partial charge in [-0.15, -0.1) is 0 Å². The lowest BCUT2D eigenvalue weighted by atomic mass is 9.85. The third kappa shape index (κ3) is 1.97. The van der Waals surface area contributed by atoms with Gasteiger partial charge in [0.25, 0.3) is 16.1 Å². The molecule has 2 heterocycles. The van der Waals surface area contributed by atoms with Crippen LogP contribution in [-0.4, -0.2) is 73.4 Å².